The number of hydrogen-bond donors (Lipinski definition) is 1. The molecule has 2 heterocycles. The van der Waals surface area contributed by atoms with Crippen molar-refractivity contribution in [1.82, 2.24) is 15.5 Å². The number of para-hydroxylation sites is 1. The van der Waals surface area contributed by atoms with E-state index in [2.05, 4.69) is 20.4 Å². The number of rotatable bonds is 7. The maximum atomic E-state index is 13.0. The standard InChI is InChI=1S/C22H24N4O3/c1-28-19-12-6-5-11-17(19)20(27)23-18(15-16-9-3-2-4-10-16)21-24-25-22(29-21)26-13-7-8-14-26/h2-6,9-12,18H,7-8,13-15H2,1H3,(H,23,27)/t18-/m0/s1. The summed E-state index contributed by atoms with van der Waals surface area (Å²) in [7, 11) is 1.55. The molecule has 4 rings (SSSR count). The maximum Gasteiger partial charge on any atom is 0.318 e. The van der Waals surface area contributed by atoms with Gasteiger partial charge in [-0.05, 0) is 30.5 Å². The van der Waals surface area contributed by atoms with Gasteiger partial charge < -0.3 is 19.4 Å². The van der Waals surface area contributed by atoms with E-state index in [0.717, 1.165) is 31.5 Å². The zero-order valence-corrected chi connectivity index (χ0v) is 16.4. The second-order valence-electron chi connectivity index (χ2n) is 7.03. The van der Waals surface area contributed by atoms with Gasteiger partial charge in [-0.1, -0.05) is 47.6 Å². The van der Waals surface area contributed by atoms with Crippen molar-refractivity contribution in [2.45, 2.75) is 25.3 Å². The zero-order valence-electron chi connectivity index (χ0n) is 16.4. The fraction of sp³-hybridized carbons (Fsp3) is 0.318. The van der Waals surface area contributed by atoms with E-state index in [0.29, 0.717) is 29.6 Å². The first-order chi connectivity index (χ1) is 14.2. The van der Waals surface area contributed by atoms with E-state index in [1.54, 1.807) is 19.2 Å². The first-order valence-corrected chi connectivity index (χ1v) is 9.81. The molecule has 2 aromatic carbocycles. The molecule has 1 atom stereocenters. The van der Waals surface area contributed by atoms with Crippen LogP contribution < -0.4 is 15.0 Å². The summed E-state index contributed by atoms with van der Waals surface area (Å²) in [5.74, 6) is 0.676. The van der Waals surface area contributed by atoms with Crippen LogP contribution in [0.4, 0.5) is 6.01 Å². The van der Waals surface area contributed by atoms with Gasteiger partial charge in [-0.3, -0.25) is 4.79 Å². The summed E-state index contributed by atoms with van der Waals surface area (Å²) >= 11 is 0. The van der Waals surface area contributed by atoms with Crippen LogP contribution in [0.3, 0.4) is 0 Å². The van der Waals surface area contributed by atoms with E-state index in [1.807, 2.05) is 42.5 Å². The number of nitrogens with one attached hydrogen (secondary N) is 1. The lowest BCUT2D eigenvalue weighted by atomic mass is 10.1. The van der Waals surface area contributed by atoms with Crippen molar-refractivity contribution >= 4 is 11.9 Å². The quantitative estimate of drug-likeness (QED) is 0.664. The van der Waals surface area contributed by atoms with E-state index in [-0.39, 0.29) is 5.91 Å². The van der Waals surface area contributed by atoms with E-state index in [9.17, 15) is 4.79 Å². The van der Waals surface area contributed by atoms with Gasteiger partial charge in [0.25, 0.3) is 5.91 Å². The molecule has 0 radical (unpaired) electrons. The Morgan fingerprint density at radius 1 is 1.10 bits per heavy atom. The Labute approximate surface area is 169 Å². The molecule has 29 heavy (non-hydrogen) atoms. The molecule has 1 aliphatic rings. The smallest absolute Gasteiger partial charge is 0.318 e. The molecular weight excluding hydrogens is 368 g/mol. The first-order valence-electron chi connectivity index (χ1n) is 9.81. The van der Waals surface area contributed by atoms with E-state index in [4.69, 9.17) is 9.15 Å². The van der Waals surface area contributed by atoms with Gasteiger partial charge >= 0.3 is 6.01 Å². The third-order valence-electron chi connectivity index (χ3n) is 5.04. The molecule has 1 N–H and O–H groups in total. The molecule has 0 aliphatic carbocycles. The highest BCUT2D eigenvalue weighted by atomic mass is 16.5. The molecule has 1 fully saturated rings. The summed E-state index contributed by atoms with van der Waals surface area (Å²) in [5.41, 5.74) is 1.53. The van der Waals surface area contributed by atoms with Crippen LogP contribution in [0.5, 0.6) is 5.75 Å². The SMILES string of the molecule is COc1ccccc1C(=O)N[C@@H](Cc1ccccc1)c1nnc(N2CCCC2)o1. The lowest BCUT2D eigenvalue weighted by Crippen LogP contribution is -2.30. The zero-order chi connectivity index (χ0) is 20.1. The third-order valence-corrected chi connectivity index (χ3v) is 5.04. The number of amides is 1. The van der Waals surface area contributed by atoms with Crippen molar-refractivity contribution < 1.29 is 13.9 Å². The molecule has 1 aromatic heterocycles. The monoisotopic (exact) mass is 392 g/mol. The Hall–Kier alpha value is -3.35. The van der Waals surface area contributed by atoms with Gasteiger partial charge in [0.2, 0.25) is 5.89 Å². The predicted molar refractivity (Wildman–Crippen MR) is 109 cm³/mol. The van der Waals surface area contributed by atoms with Gasteiger partial charge in [0.15, 0.2) is 0 Å². The van der Waals surface area contributed by atoms with Crippen LogP contribution in [-0.4, -0.2) is 36.3 Å². The Kier molecular flexibility index (Phi) is 5.74. The number of carbonyl (C=O) groups is 1. The summed E-state index contributed by atoms with van der Waals surface area (Å²) in [4.78, 5) is 15.1. The lowest BCUT2D eigenvalue weighted by molar-refractivity contribution is 0.0927. The second-order valence-corrected chi connectivity index (χ2v) is 7.03. The summed E-state index contributed by atoms with van der Waals surface area (Å²) in [6, 6.07) is 17.1. The minimum atomic E-state index is -0.446. The molecule has 7 heteroatoms. The molecular formula is C22H24N4O3. The third kappa shape index (κ3) is 4.39. The fourth-order valence-corrected chi connectivity index (χ4v) is 3.52. The topological polar surface area (TPSA) is 80.5 Å². The van der Waals surface area contributed by atoms with Crippen LogP contribution in [0.25, 0.3) is 0 Å². The highest BCUT2D eigenvalue weighted by Gasteiger charge is 2.26. The van der Waals surface area contributed by atoms with Crippen LogP contribution in [0.2, 0.25) is 0 Å². The summed E-state index contributed by atoms with van der Waals surface area (Å²) in [5, 5.41) is 11.5. The molecule has 0 unspecified atom stereocenters. The number of anilines is 1. The van der Waals surface area contributed by atoms with Gasteiger partial charge in [0, 0.05) is 19.5 Å². The second kappa shape index (κ2) is 8.77. The van der Waals surface area contributed by atoms with Crippen molar-refractivity contribution in [2.75, 3.05) is 25.1 Å². The lowest BCUT2D eigenvalue weighted by Gasteiger charge is -2.17. The van der Waals surface area contributed by atoms with Gasteiger partial charge in [-0.2, -0.15) is 0 Å². The summed E-state index contributed by atoms with van der Waals surface area (Å²) < 4.78 is 11.3. The molecule has 0 bridgehead atoms. The number of methoxy groups -OCH3 is 1. The molecule has 3 aromatic rings. The molecule has 1 amide bonds. The van der Waals surface area contributed by atoms with Gasteiger partial charge in [-0.15, -0.1) is 5.10 Å². The van der Waals surface area contributed by atoms with Crippen LogP contribution in [0, 0.1) is 0 Å². The molecule has 7 nitrogen and oxygen atoms in total. The Morgan fingerprint density at radius 2 is 1.83 bits per heavy atom. The highest BCUT2D eigenvalue weighted by Crippen LogP contribution is 2.25. The fourth-order valence-electron chi connectivity index (χ4n) is 3.52. The maximum absolute atomic E-state index is 13.0. The number of benzene rings is 2. The van der Waals surface area contributed by atoms with Crippen LogP contribution >= 0.6 is 0 Å². The highest BCUT2D eigenvalue weighted by molar-refractivity contribution is 5.97. The van der Waals surface area contributed by atoms with Crippen molar-refractivity contribution in [2.24, 2.45) is 0 Å². The van der Waals surface area contributed by atoms with Crippen LogP contribution in [0.1, 0.15) is 40.7 Å². The number of hydrogen-bond acceptors (Lipinski definition) is 6. The van der Waals surface area contributed by atoms with Crippen molar-refractivity contribution in [3.63, 3.8) is 0 Å². The van der Waals surface area contributed by atoms with E-state index in [1.165, 1.54) is 0 Å². The number of carbonyl (C=O) groups excluding carboxylic acids is 1. The van der Waals surface area contributed by atoms with E-state index < -0.39 is 6.04 Å². The molecule has 0 saturated carbocycles. The summed E-state index contributed by atoms with van der Waals surface area (Å²) in [6.45, 7) is 1.83. The van der Waals surface area contributed by atoms with Crippen LogP contribution in [-0.2, 0) is 6.42 Å². The average molecular weight is 392 g/mol. The van der Waals surface area contributed by atoms with Gasteiger partial charge in [-0.25, -0.2) is 0 Å². The van der Waals surface area contributed by atoms with Crippen LogP contribution in [0.15, 0.2) is 59.0 Å². The van der Waals surface area contributed by atoms with E-state index >= 15 is 0 Å². The first kappa shape index (κ1) is 19.0. The molecule has 1 saturated heterocycles. The number of nitrogens with zero attached hydrogens (tertiary/aromatic N) is 3. The Bertz CT molecular complexity index is 951. The van der Waals surface area contributed by atoms with Gasteiger partial charge in [0.05, 0.1) is 12.7 Å². The average Bonchev–Trinajstić information content (AvgIpc) is 3.46. The Balaban J connectivity index is 1.59. The molecule has 0 spiro atoms. The Morgan fingerprint density at radius 3 is 2.59 bits per heavy atom. The van der Waals surface area contributed by atoms with Crippen molar-refractivity contribution in [1.29, 1.82) is 0 Å². The summed E-state index contributed by atoms with van der Waals surface area (Å²) in [6.07, 6.45) is 2.79. The predicted octanol–water partition coefficient (Wildman–Crippen LogP) is 3.39. The normalized spacial score (nSPS) is 14.6. The molecule has 150 valence electrons. The number of ether oxygens (including phenoxy) is 1. The van der Waals surface area contributed by atoms with Gasteiger partial charge in [0.1, 0.15) is 11.8 Å². The van der Waals surface area contributed by atoms with Crippen molar-refractivity contribution in [3.8, 4) is 5.75 Å². The molecule has 1 aliphatic heterocycles. The minimum absolute atomic E-state index is 0.246. The largest absolute Gasteiger partial charge is 0.496 e. The van der Waals surface area contributed by atoms with Crippen molar-refractivity contribution in [3.05, 3.63) is 71.6 Å². The number of aromatic nitrogens is 2. The minimum Gasteiger partial charge on any atom is -0.496 e.